The molecule has 7 nitrogen and oxygen atoms in total. The Morgan fingerprint density at radius 1 is 1.26 bits per heavy atom. The molecule has 160 valence electrons. The Bertz CT molecular complexity index is 1190. The van der Waals surface area contributed by atoms with Gasteiger partial charge in [-0.2, -0.15) is 0 Å². The summed E-state index contributed by atoms with van der Waals surface area (Å²) in [6.45, 7) is 5.20. The molecule has 2 aliphatic rings. The SMILES string of the molecule is CNC(=O)Oc1ccc2c(c1)[C@]1(C)CCN(C(=O)c3ccc4nc[nH]c4c3)[C@H](C2)[C@H]1C. The van der Waals surface area contributed by atoms with Crippen molar-refractivity contribution in [3.63, 3.8) is 0 Å². The van der Waals surface area contributed by atoms with E-state index in [-0.39, 0.29) is 23.3 Å². The number of fused-ring (bicyclic) bond motifs is 5. The Hall–Kier alpha value is -3.35. The number of hydrogen-bond donors (Lipinski definition) is 2. The third-order valence-electron chi connectivity index (χ3n) is 7.32. The van der Waals surface area contributed by atoms with E-state index in [1.165, 1.54) is 11.1 Å². The zero-order valence-corrected chi connectivity index (χ0v) is 17.9. The Kier molecular flexibility index (Phi) is 4.50. The van der Waals surface area contributed by atoms with Crippen LogP contribution in [0.4, 0.5) is 4.79 Å². The predicted molar refractivity (Wildman–Crippen MR) is 117 cm³/mol. The van der Waals surface area contributed by atoms with Gasteiger partial charge in [-0.25, -0.2) is 9.78 Å². The van der Waals surface area contributed by atoms with Crippen LogP contribution in [0.1, 0.15) is 41.8 Å². The number of ether oxygens (including phenoxy) is 1. The number of nitrogens with one attached hydrogen (secondary N) is 2. The van der Waals surface area contributed by atoms with Gasteiger partial charge in [0.25, 0.3) is 5.91 Å². The van der Waals surface area contributed by atoms with Crippen molar-refractivity contribution < 1.29 is 14.3 Å². The summed E-state index contributed by atoms with van der Waals surface area (Å²) < 4.78 is 5.37. The summed E-state index contributed by atoms with van der Waals surface area (Å²) in [6, 6.07) is 11.6. The molecule has 0 unspecified atom stereocenters. The Morgan fingerprint density at radius 3 is 2.90 bits per heavy atom. The van der Waals surface area contributed by atoms with Crippen molar-refractivity contribution in [2.45, 2.75) is 38.1 Å². The van der Waals surface area contributed by atoms with Crippen LogP contribution in [0, 0.1) is 5.92 Å². The number of carbonyl (C=O) groups is 2. The molecule has 7 heteroatoms. The number of H-pyrrole nitrogens is 1. The monoisotopic (exact) mass is 418 g/mol. The summed E-state index contributed by atoms with van der Waals surface area (Å²) in [5.41, 5.74) is 4.79. The summed E-state index contributed by atoms with van der Waals surface area (Å²) >= 11 is 0. The van der Waals surface area contributed by atoms with Gasteiger partial charge in [0, 0.05) is 25.2 Å². The van der Waals surface area contributed by atoms with E-state index in [4.69, 9.17) is 4.74 Å². The maximum absolute atomic E-state index is 13.5. The van der Waals surface area contributed by atoms with Gasteiger partial charge in [-0.1, -0.05) is 19.9 Å². The molecule has 1 aromatic heterocycles. The molecular weight excluding hydrogens is 392 g/mol. The van der Waals surface area contributed by atoms with Crippen molar-refractivity contribution in [2.75, 3.05) is 13.6 Å². The number of rotatable bonds is 2. The molecule has 2 bridgehead atoms. The van der Waals surface area contributed by atoms with E-state index in [1.54, 1.807) is 13.4 Å². The third-order valence-corrected chi connectivity index (χ3v) is 7.32. The average Bonchev–Trinajstić information content (AvgIpc) is 3.24. The molecular formula is C24H26N4O3. The van der Waals surface area contributed by atoms with E-state index >= 15 is 0 Å². The standard InChI is InChI=1S/C24H26N4O3/c1-14-21-11-15-4-6-17(31-23(30)25-3)12-18(15)24(14,2)8-9-28(21)22(29)16-5-7-19-20(10-16)27-13-26-19/h4-7,10,12-14,21H,8-9,11H2,1-3H3,(H,25,30)(H,26,27)/t14-,21-,24-/m1/s1. The highest BCUT2D eigenvalue weighted by molar-refractivity contribution is 5.97. The fraction of sp³-hybridized carbons (Fsp3) is 0.375. The lowest BCUT2D eigenvalue weighted by Crippen LogP contribution is -2.59. The molecule has 1 fully saturated rings. The number of aromatic amines is 1. The highest BCUT2D eigenvalue weighted by atomic mass is 16.5. The second-order valence-corrected chi connectivity index (χ2v) is 8.82. The molecule has 0 spiro atoms. The lowest BCUT2D eigenvalue weighted by molar-refractivity contribution is 0.0250. The molecule has 31 heavy (non-hydrogen) atoms. The molecule has 2 aromatic carbocycles. The van der Waals surface area contributed by atoms with Gasteiger partial charge in [-0.05, 0) is 65.6 Å². The van der Waals surface area contributed by atoms with Gasteiger partial charge in [-0.15, -0.1) is 0 Å². The first-order valence-electron chi connectivity index (χ1n) is 10.7. The Balaban J connectivity index is 1.46. The zero-order chi connectivity index (χ0) is 21.8. The van der Waals surface area contributed by atoms with Gasteiger partial charge in [0.05, 0.1) is 17.4 Å². The highest BCUT2D eigenvalue weighted by Crippen LogP contribution is 2.49. The van der Waals surface area contributed by atoms with Gasteiger partial charge in [0.2, 0.25) is 0 Å². The van der Waals surface area contributed by atoms with Crippen molar-refractivity contribution in [1.29, 1.82) is 0 Å². The van der Waals surface area contributed by atoms with Crippen LogP contribution in [0.3, 0.4) is 0 Å². The average molecular weight is 418 g/mol. The summed E-state index contributed by atoms with van der Waals surface area (Å²) in [4.78, 5) is 34.5. The van der Waals surface area contributed by atoms with Crippen LogP contribution in [0.15, 0.2) is 42.7 Å². The smallest absolute Gasteiger partial charge is 0.410 e. The number of hydrogen-bond acceptors (Lipinski definition) is 4. The Morgan fingerprint density at radius 2 is 2.10 bits per heavy atom. The summed E-state index contributed by atoms with van der Waals surface area (Å²) in [5, 5.41) is 2.49. The predicted octanol–water partition coefficient (Wildman–Crippen LogP) is 3.65. The van der Waals surface area contributed by atoms with E-state index in [9.17, 15) is 9.59 Å². The fourth-order valence-electron chi connectivity index (χ4n) is 5.31. The second-order valence-electron chi connectivity index (χ2n) is 8.82. The maximum Gasteiger partial charge on any atom is 0.412 e. The molecule has 0 radical (unpaired) electrons. The quantitative estimate of drug-likeness (QED) is 0.665. The van der Waals surface area contributed by atoms with E-state index in [0.29, 0.717) is 17.9 Å². The molecule has 0 saturated carbocycles. The highest BCUT2D eigenvalue weighted by Gasteiger charge is 2.49. The van der Waals surface area contributed by atoms with Crippen molar-refractivity contribution in [1.82, 2.24) is 20.2 Å². The van der Waals surface area contributed by atoms with Gasteiger partial charge in [0.1, 0.15) is 5.75 Å². The maximum atomic E-state index is 13.5. The van der Waals surface area contributed by atoms with Gasteiger partial charge >= 0.3 is 6.09 Å². The van der Waals surface area contributed by atoms with Crippen LogP contribution in [0.25, 0.3) is 11.0 Å². The van der Waals surface area contributed by atoms with E-state index < -0.39 is 6.09 Å². The lowest BCUT2D eigenvalue weighted by Gasteiger charge is -2.54. The molecule has 2 N–H and O–H groups in total. The normalized spacial score (nSPS) is 24.5. The lowest BCUT2D eigenvalue weighted by atomic mass is 9.59. The largest absolute Gasteiger partial charge is 0.412 e. The number of carbonyl (C=O) groups excluding carboxylic acids is 2. The molecule has 1 aliphatic heterocycles. The van der Waals surface area contributed by atoms with E-state index in [0.717, 1.165) is 23.9 Å². The number of likely N-dealkylation sites (tertiary alicyclic amines) is 1. The molecule has 2 amide bonds. The number of benzene rings is 2. The Labute approximate surface area is 180 Å². The van der Waals surface area contributed by atoms with Crippen molar-refractivity contribution in [3.05, 3.63) is 59.4 Å². The van der Waals surface area contributed by atoms with Crippen molar-refractivity contribution in [3.8, 4) is 5.75 Å². The molecule has 5 rings (SSSR count). The first kappa shape index (κ1) is 19.6. The van der Waals surface area contributed by atoms with Crippen LogP contribution in [0.2, 0.25) is 0 Å². The number of imidazole rings is 1. The number of nitrogens with zero attached hydrogens (tertiary/aromatic N) is 2. The third kappa shape index (κ3) is 3.07. The van der Waals surface area contributed by atoms with Crippen molar-refractivity contribution in [2.24, 2.45) is 5.92 Å². The number of piperidine rings is 1. The molecule has 3 atom stereocenters. The fourth-order valence-corrected chi connectivity index (χ4v) is 5.31. The molecule has 1 saturated heterocycles. The number of amides is 2. The van der Waals surface area contributed by atoms with Crippen LogP contribution >= 0.6 is 0 Å². The number of aromatic nitrogens is 2. The molecule has 3 aromatic rings. The summed E-state index contributed by atoms with van der Waals surface area (Å²) in [7, 11) is 1.55. The van der Waals surface area contributed by atoms with Crippen LogP contribution < -0.4 is 10.1 Å². The topological polar surface area (TPSA) is 87.3 Å². The van der Waals surface area contributed by atoms with Crippen molar-refractivity contribution >= 4 is 23.0 Å². The van der Waals surface area contributed by atoms with Gasteiger partial charge < -0.3 is 19.9 Å². The van der Waals surface area contributed by atoms with E-state index in [2.05, 4.69) is 29.1 Å². The van der Waals surface area contributed by atoms with Crippen LogP contribution in [-0.4, -0.2) is 46.5 Å². The van der Waals surface area contributed by atoms with Crippen LogP contribution in [0.5, 0.6) is 5.75 Å². The summed E-state index contributed by atoms with van der Waals surface area (Å²) in [6.07, 6.45) is 2.83. The van der Waals surface area contributed by atoms with Gasteiger partial charge in [0.15, 0.2) is 0 Å². The molecule has 2 heterocycles. The van der Waals surface area contributed by atoms with E-state index in [1.807, 2.05) is 41.3 Å². The molecule has 1 aliphatic carbocycles. The minimum atomic E-state index is -0.471. The summed E-state index contributed by atoms with van der Waals surface area (Å²) in [5.74, 6) is 0.901. The second kappa shape index (κ2) is 7.11. The first-order chi connectivity index (χ1) is 14.9. The zero-order valence-electron chi connectivity index (χ0n) is 17.9. The first-order valence-corrected chi connectivity index (χ1v) is 10.7. The minimum Gasteiger partial charge on any atom is -0.410 e. The van der Waals surface area contributed by atoms with Gasteiger partial charge in [-0.3, -0.25) is 4.79 Å². The van der Waals surface area contributed by atoms with Crippen LogP contribution in [-0.2, 0) is 11.8 Å². The minimum absolute atomic E-state index is 0.0680.